The molecule has 0 aromatic rings. The van der Waals surface area contributed by atoms with Crippen molar-refractivity contribution in [3.8, 4) is 0 Å². The lowest BCUT2D eigenvalue weighted by Gasteiger charge is -2.33. The second-order valence-corrected chi connectivity index (χ2v) is 18.7. The fraction of sp³-hybridized carbons (Fsp3) is 0.925. The van der Waals surface area contributed by atoms with Crippen LogP contribution in [0, 0.1) is 29.1 Å². The van der Waals surface area contributed by atoms with Gasteiger partial charge in [0.1, 0.15) is 31.8 Å². The van der Waals surface area contributed by atoms with E-state index in [4.69, 9.17) is 18.9 Å². The Labute approximate surface area is 377 Å². The third-order valence-electron chi connectivity index (χ3n) is 12.7. The van der Waals surface area contributed by atoms with Crippen LogP contribution >= 0.6 is 0 Å². The molecule has 0 fully saturated rings. The summed E-state index contributed by atoms with van der Waals surface area (Å²) in [6.07, 6.45) is 30.8. The highest BCUT2D eigenvalue weighted by Crippen LogP contribution is 2.29. The number of unbranched alkanes of at least 4 members (excludes halogenated alkanes) is 16. The smallest absolute Gasteiger partial charge is 0.308 e. The zero-order valence-electron chi connectivity index (χ0n) is 41.5. The van der Waals surface area contributed by atoms with E-state index >= 15 is 0 Å². The monoisotopic (exact) mass is 865 g/mol. The Hall–Kier alpha value is -2.12. The summed E-state index contributed by atoms with van der Waals surface area (Å²) in [5, 5.41) is 0. The van der Waals surface area contributed by atoms with Crippen LogP contribution in [0.3, 0.4) is 0 Å². The summed E-state index contributed by atoms with van der Waals surface area (Å²) in [5.74, 6) is -2.07. The van der Waals surface area contributed by atoms with Gasteiger partial charge in [-0.2, -0.15) is 0 Å². The van der Waals surface area contributed by atoms with E-state index in [2.05, 4.69) is 55.4 Å². The van der Waals surface area contributed by atoms with E-state index in [1.165, 1.54) is 0 Å². The van der Waals surface area contributed by atoms with Crippen molar-refractivity contribution in [3.05, 3.63) is 0 Å². The molecule has 0 aliphatic carbocycles. The van der Waals surface area contributed by atoms with Crippen LogP contribution in [0.5, 0.6) is 0 Å². The summed E-state index contributed by atoms with van der Waals surface area (Å²) in [6.45, 7) is 16.6. The number of rotatable bonds is 44. The fourth-order valence-corrected chi connectivity index (χ4v) is 8.21. The zero-order valence-corrected chi connectivity index (χ0v) is 41.5. The van der Waals surface area contributed by atoms with Crippen LogP contribution in [0.15, 0.2) is 0 Å². The summed E-state index contributed by atoms with van der Waals surface area (Å²) in [5.41, 5.74) is -1.25. The van der Waals surface area contributed by atoms with Crippen molar-refractivity contribution < 1.29 is 38.1 Å². The number of hydrogen-bond donors (Lipinski definition) is 0. The van der Waals surface area contributed by atoms with Crippen molar-refractivity contribution in [1.82, 2.24) is 0 Å². The van der Waals surface area contributed by atoms with E-state index in [1.54, 1.807) is 0 Å². The first-order chi connectivity index (χ1) is 29.6. The maximum absolute atomic E-state index is 14.0. The molecular formula is C53H100O8. The van der Waals surface area contributed by atoms with E-state index in [-0.39, 0.29) is 74.0 Å². The first-order valence-electron chi connectivity index (χ1n) is 26.3. The SMILES string of the molecule is CCCCCCC(CCCC)C(=O)OCC(COC(=O)C(CCCC)CCCCCC)(COC(=O)C(CCCC)CCCCCC)COC(=O)C(CCCC)CCCCCC. The Balaban J connectivity index is 6.92. The van der Waals surface area contributed by atoms with E-state index in [0.29, 0.717) is 0 Å². The molecule has 0 aliphatic rings. The van der Waals surface area contributed by atoms with Crippen molar-refractivity contribution in [2.75, 3.05) is 26.4 Å². The minimum absolute atomic E-state index is 0.167. The second-order valence-electron chi connectivity index (χ2n) is 18.7. The molecule has 0 bridgehead atoms. The molecule has 0 aromatic carbocycles. The molecule has 0 radical (unpaired) electrons. The third kappa shape index (κ3) is 29.8. The Morgan fingerprint density at radius 1 is 0.279 bits per heavy atom. The van der Waals surface area contributed by atoms with Gasteiger partial charge < -0.3 is 18.9 Å². The quantitative estimate of drug-likeness (QED) is 0.0339. The van der Waals surface area contributed by atoms with Gasteiger partial charge in [-0.25, -0.2) is 0 Å². The highest BCUT2D eigenvalue weighted by molar-refractivity contribution is 5.74. The van der Waals surface area contributed by atoms with Gasteiger partial charge in [-0.15, -0.1) is 0 Å². The second kappa shape index (κ2) is 40.6. The third-order valence-corrected chi connectivity index (χ3v) is 12.7. The highest BCUT2D eigenvalue weighted by atomic mass is 16.6. The van der Waals surface area contributed by atoms with Crippen LogP contribution in [0.1, 0.15) is 261 Å². The lowest BCUT2D eigenvalue weighted by Crippen LogP contribution is -2.45. The molecule has 0 heterocycles. The Morgan fingerprint density at radius 3 is 0.639 bits per heavy atom. The maximum atomic E-state index is 14.0. The predicted octanol–water partition coefficient (Wildman–Crippen LogP) is 15.3. The Kier molecular flexibility index (Phi) is 39.2. The number of ether oxygens (including phenoxy) is 4. The predicted molar refractivity (Wildman–Crippen MR) is 253 cm³/mol. The fourth-order valence-electron chi connectivity index (χ4n) is 8.21. The lowest BCUT2D eigenvalue weighted by atomic mass is 9.90. The van der Waals surface area contributed by atoms with Gasteiger partial charge in [0.05, 0.1) is 23.7 Å². The van der Waals surface area contributed by atoms with Crippen LogP contribution in [0.25, 0.3) is 0 Å². The molecule has 0 aliphatic heterocycles. The molecule has 360 valence electrons. The normalized spacial score (nSPS) is 14.4. The standard InChI is InChI=1S/C53H100O8/c1-9-17-25-29-37-45(33-21-13-5)49(54)58-41-53(42-59-50(55)46(34-22-14-6)38-30-26-18-10-2,43-60-51(56)47(35-23-15-7)39-31-27-19-11-3)44-61-52(57)48(36-24-16-8)40-32-28-20-12-4/h45-48H,9-44H2,1-8H3. The molecule has 8 nitrogen and oxygen atoms in total. The van der Waals surface area contributed by atoms with Gasteiger partial charge in [-0.3, -0.25) is 19.2 Å². The zero-order chi connectivity index (χ0) is 45.4. The van der Waals surface area contributed by atoms with Gasteiger partial charge in [0.2, 0.25) is 0 Å². The van der Waals surface area contributed by atoms with Gasteiger partial charge in [0.25, 0.3) is 0 Å². The first-order valence-corrected chi connectivity index (χ1v) is 26.3. The molecule has 61 heavy (non-hydrogen) atoms. The summed E-state index contributed by atoms with van der Waals surface area (Å²) < 4.78 is 25.0. The average Bonchev–Trinajstić information content (AvgIpc) is 3.27. The Bertz CT molecular complexity index is 893. The van der Waals surface area contributed by atoms with Gasteiger partial charge in [0, 0.05) is 0 Å². The lowest BCUT2D eigenvalue weighted by molar-refractivity contribution is -0.176. The summed E-state index contributed by atoms with van der Waals surface area (Å²) >= 11 is 0. The van der Waals surface area contributed by atoms with Crippen molar-refractivity contribution in [3.63, 3.8) is 0 Å². The van der Waals surface area contributed by atoms with Gasteiger partial charge in [0.15, 0.2) is 0 Å². The van der Waals surface area contributed by atoms with Gasteiger partial charge in [-0.05, 0) is 51.4 Å². The molecule has 8 heteroatoms. The van der Waals surface area contributed by atoms with Gasteiger partial charge in [-0.1, -0.05) is 209 Å². The molecule has 4 unspecified atom stereocenters. The number of esters is 4. The van der Waals surface area contributed by atoms with E-state index in [1.807, 2.05) is 0 Å². The molecular weight excluding hydrogens is 765 g/mol. The minimum atomic E-state index is -1.25. The van der Waals surface area contributed by atoms with Crippen LogP contribution in [0.2, 0.25) is 0 Å². The van der Waals surface area contributed by atoms with Crippen LogP contribution in [-0.4, -0.2) is 50.3 Å². The van der Waals surface area contributed by atoms with Crippen molar-refractivity contribution >= 4 is 23.9 Å². The minimum Gasteiger partial charge on any atom is -0.464 e. The first kappa shape index (κ1) is 58.9. The largest absolute Gasteiger partial charge is 0.464 e. The van der Waals surface area contributed by atoms with E-state index in [9.17, 15) is 19.2 Å². The number of carbonyl (C=O) groups excluding carboxylic acids is 4. The van der Waals surface area contributed by atoms with E-state index < -0.39 is 5.41 Å². The Morgan fingerprint density at radius 2 is 0.459 bits per heavy atom. The topological polar surface area (TPSA) is 105 Å². The number of carbonyl (C=O) groups is 4. The molecule has 0 N–H and O–H groups in total. The van der Waals surface area contributed by atoms with Crippen molar-refractivity contribution in [2.45, 2.75) is 261 Å². The molecule has 0 aromatic heterocycles. The van der Waals surface area contributed by atoms with Gasteiger partial charge >= 0.3 is 23.9 Å². The molecule has 0 rings (SSSR count). The molecule has 0 saturated carbocycles. The van der Waals surface area contributed by atoms with Crippen molar-refractivity contribution in [1.29, 1.82) is 0 Å². The maximum Gasteiger partial charge on any atom is 0.308 e. The van der Waals surface area contributed by atoms with Crippen LogP contribution < -0.4 is 0 Å². The van der Waals surface area contributed by atoms with Crippen LogP contribution in [0.4, 0.5) is 0 Å². The molecule has 4 atom stereocenters. The summed E-state index contributed by atoms with van der Waals surface area (Å²) in [6, 6.07) is 0. The summed E-state index contributed by atoms with van der Waals surface area (Å²) in [4.78, 5) is 56.1. The molecule has 0 amide bonds. The van der Waals surface area contributed by atoms with Crippen molar-refractivity contribution in [2.24, 2.45) is 29.1 Å². The number of hydrogen-bond acceptors (Lipinski definition) is 8. The highest BCUT2D eigenvalue weighted by Gasteiger charge is 2.40. The van der Waals surface area contributed by atoms with Crippen LogP contribution in [-0.2, 0) is 38.1 Å². The molecule has 0 spiro atoms. The molecule has 0 saturated heterocycles. The average molecular weight is 865 g/mol. The van der Waals surface area contributed by atoms with E-state index in [0.717, 1.165) is 205 Å². The summed E-state index contributed by atoms with van der Waals surface area (Å²) in [7, 11) is 0.